The summed E-state index contributed by atoms with van der Waals surface area (Å²) >= 11 is 0. The summed E-state index contributed by atoms with van der Waals surface area (Å²) in [5.74, 6) is 0. The van der Waals surface area contributed by atoms with E-state index in [2.05, 4.69) is 43.2 Å². The molecular weight excluding hydrogens is 170 g/mol. The summed E-state index contributed by atoms with van der Waals surface area (Å²) in [6, 6.07) is 0. The summed E-state index contributed by atoms with van der Waals surface area (Å²) in [6.07, 6.45) is 13.6. The van der Waals surface area contributed by atoms with E-state index in [1.807, 2.05) is 6.92 Å². The Morgan fingerprint density at radius 2 is 1.79 bits per heavy atom. The molecule has 0 heterocycles. The fourth-order valence-electron chi connectivity index (χ4n) is 1.30. The predicted molar refractivity (Wildman–Crippen MR) is 65.6 cm³/mol. The second kappa shape index (κ2) is 10.5. The maximum atomic E-state index is 2.42. The van der Waals surface area contributed by atoms with Crippen LogP contribution < -0.4 is 0 Å². The molecule has 14 heavy (non-hydrogen) atoms. The molecule has 0 saturated heterocycles. The lowest BCUT2D eigenvalue weighted by molar-refractivity contribution is 0.324. The van der Waals surface area contributed by atoms with E-state index < -0.39 is 0 Å². The van der Waals surface area contributed by atoms with E-state index >= 15 is 0 Å². The van der Waals surface area contributed by atoms with Gasteiger partial charge in [-0.3, -0.25) is 0 Å². The molecule has 0 aliphatic carbocycles. The number of hydrogen-bond acceptors (Lipinski definition) is 1. The van der Waals surface area contributed by atoms with Gasteiger partial charge in [0.25, 0.3) is 0 Å². The zero-order valence-corrected chi connectivity index (χ0v) is 10.00. The maximum Gasteiger partial charge on any atom is -0.00188 e. The highest BCUT2D eigenvalue weighted by Gasteiger charge is 1.94. The molecule has 0 bridgehead atoms. The Balaban J connectivity index is 3.26. The molecule has 0 aromatic carbocycles. The van der Waals surface area contributed by atoms with Crippen molar-refractivity contribution in [3.05, 3.63) is 24.3 Å². The number of unbranched alkanes of at least 4 members (excludes halogenated alkanes) is 2. The van der Waals surface area contributed by atoms with E-state index in [1.54, 1.807) is 0 Å². The number of hydrogen-bond donors (Lipinski definition) is 0. The molecule has 0 spiro atoms. The summed E-state index contributed by atoms with van der Waals surface area (Å²) in [5.41, 5.74) is 0. The van der Waals surface area contributed by atoms with Gasteiger partial charge >= 0.3 is 0 Å². The number of nitrogens with zero attached hydrogens (tertiary/aromatic N) is 1. The molecule has 0 aliphatic heterocycles. The highest BCUT2D eigenvalue weighted by Crippen LogP contribution is 1.97. The van der Waals surface area contributed by atoms with Gasteiger partial charge in [0.05, 0.1) is 0 Å². The van der Waals surface area contributed by atoms with Crippen LogP contribution in [0.3, 0.4) is 0 Å². The van der Waals surface area contributed by atoms with E-state index in [4.69, 9.17) is 0 Å². The van der Waals surface area contributed by atoms with Crippen molar-refractivity contribution >= 4 is 0 Å². The lowest BCUT2D eigenvalue weighted by Gasteiger charge is -2.14. The first-order valence-corrected chi connectivity index (χ1v) is 5.77. The van der Waals surface area contributed by atoms with Crippen LogP contribution in [0.15, 0.2) is 24.3 Å². The van der Waals surface area contributed by atoms with Gasteiger partial charge in [-0.05, 0) is 46.3 Å². The lowest BCUT2D eigenvalue weighted by atomic mass is 10.2. The van der Waals surface area contributed by atoms with Crippen LogP contribution in [0.25, 0.3) is 0 Å². The van der Waals surface area contributed by atoms with E-state index in [-0.39, 0.29) is 0 Å². The Labute approximate surface area is 89.5 Å². The van der Waals surface area contributed by atoms with Gasteiger partial charge in [0.15, 0.2) is 0 Å². The topological polar surface area (TPSA) is 3.24 Å². The molecule has 1 nitrogen and oxygen atoms in total. The Morgan fingerprint density at radius 1 is 1.07 bits per heavy atom. The van der Waals surface area contributed by atoms with Gasteiger partial charge in [0.1, 0.15) is 0 Å². The van der Waals surface area contributed by atoms with E-state index in [0.29, 0.717) is 0 Å². The second-order valence-electron chi connectivity index (χ2n) is 3.75. The smallest absolute Gasteiger partial charge is 0.00188 e. The van der Waals surface area contributed by atoms with Crippen LogP contribution in [-0.4, -0.2) is 25.0 Å². The van der Waals surface area contributed by atoms with Gasteiger partial charge in [-0.1, -0.05) is 37.6 Å². The fourth-order valence-corrected chi connectivity index (χ4v) is 1.30. The predicted octanol–water partition coefficient (Wildman–Crippen LogP) is 3.63. The zero-order chi connectivity index (χ0) is 10.6. The van der Waals surface area contributed by atoms with E-state index in [9.17, 15) is 0 Å². The third-order valence-corrected chi connectivity index (χ3v) is 2.24. The quantitative estimate of drug-likeness (QED) is 0.422. The average Bonchev–Trinajstić information content (AvgIpc) is 2.20. The van der Waals surface area contributed by atoms with E-state index in [1.165, 1.54) is 38.8 Å². The third-order valence-electron chi connectivity index (χ3n) is 2.24. The second-order valence-corrected chi connectivity index (χ2v) is 3.75. The highest BCUT2D eigenvalue weighted by molar-refractivity contribution is 5.00. The van der Waals surface area contributed by atoms with Crippen molar-refractivity contribution in [1.82, 2.24) is 4.90 Å². The van der Waals surface area contributed by atoms with Gasteiger partial charge in [-0.15, -0.1) is 0 Å². The Morgan fingerprint density at radius 3 is 2.43 bits per heavy atom. The minimum Gasteiger partial charge on any atom is -0.306 e. The first-order valence-electron chi connectivity index (χ1n) is 5.77. The van der Waals surface area contributed by atoms with Crippen molar-refractivity contribution in [2.75, 3.05) is 20.1 Å². The normalized spacial score (nSPS) is 12.3. The molecule has 0 amide bonds. The number of rotatable bonds is 8. The van der Waals surface area contributed by atoms with Crippen molar-refractivity contribution in [1.29, 1.82) is 0 Å². The standard InChI is InChI=1S/C13H25N/c1-4-6-8-9-10-11-13-14(3)12-7-5-2/h4,6,8-9H,5,7,10-13H2,1-3H3/b6-4-,9-8-. The van der Waals surface area contributed by atoms with Gasteiger partial charge < -0.3 is 4.90 Å². The Hall–Kier alpha value is -0.560. The molecule has 0 rings (SSSR count). The molecule has 0 aromatic heterocycles. The first-order chi connectivity index (χ1) is 6.81. The van der Waals surface area contributed by atoms with Gasteiger partial charge in [0.2, 0.25) is 0 Å². The zero-order valence-electron chi connectivity index (χ0n) is 10.00. The maximum absolute atomic E-state index is 2.42. The molecule has 0 saturated carbocycles. The van der Waals surface area contributed by atoms with Gasteiger partial charge in [-0.2, -0.15) is 0 Å². The summed E-state index contributed by atoms with van der Waals surface area (Å²) in [6.45, 7) is 6.76. The largest absolute Gasteiger partial charge is 0.306 e. The van der Waals surface area contributed by atoms with E-state index in [0.717, 1.165) is 0 Å². The number of allylic oxidation sites excluding steroid dienone is 4. The Bertz CT molecular complexity index is 159. The average molecular weight is 195 g/mol. The molecular formula is C13H25N. The highest BCUT2D eigenvalue weighted by atomic mass is 15.1. The van der Waals surface area contributed by atoms with Crippen molar-refractivity contribution in [2.45, 2.75) is 39.5 Å². The minimum absolute atomic E-state index is 1.20. The van der Waals surface area contributed by atoms with Crippen molar-refractivity contribution in [3.63, 3.8) is 0 Å². The summed E-state index contributed by atoms with van der Waals surface area (Å²) in [4.78, 5) is 2.42. The van der Waals surface area contributed by atoms with Crippen LogP contribution in [-0.2, 0) is 0 Å². The molecule has 1 heteroatoms. The van der Waals surface area contributed by atoms with Crippen LogP contribution in [0, 0.1) is 0 Å². The monoisotopic (exact) mass is 195 g/mol. The fraction of sp³-hybridized carbons (Fsp3) is 0.692. The molecule has 0 atom stereocenters. The minimum atomic E-state index is 1.20. The van der Waals surface area contributed by atoms with Crippen LogP contribution in [0.5, 0.6) is 0 Å². The van der Waals surface area contributed by atoms with Gasteiger partial charge in [-0.25, -0.2) is 0 Å². The molecule has 0 aliphatic rings. The molecule has 0 aromatic rings. The van der Waals surface area contributed by atoms with Crippen molar-refractivity contribution in [3.8, 4) is 0 Å². The summed E-state index contributed by atoms with van der Waals surface area (Å²) in [5, 5.41) is 0. The summed E-state index contributed by atoms with van der Waals surface area (Å²) in [7, 11) is 2.21. The first kappa shape index (κ1) is 13.4. The van der Waals surface area contributed by atoms with Crippen LogP contribution in [0.4, 0.5) is 0 Å². The van der Waals surface area contributed by atoms with Crippen LogP contribution in [0.2, 0.25) is 0 Å². The molecule has 82 valence electrons. The molecule has 0 radical (unpaired) electrons. The lowest BCUT2D eigenvalue weighted by Crippen LogP contribution is -2.20. The van der Waals surface area contributed by atoms with Crippen molar-refractivity contribution in [2.24, 2.45) is 0 Å². The van der Waals surface area contributed by atoms with Crippen LogP contribution >= 0.6 is 0 Å². The Kier molecular flexibility index (Phi) is 10.1. The summed E-state index contributed by atoms with van der Waals surface area (Å²) < 4.78 is 0. The van der Waals surface area contributed by atoms with Gasteiger partial charge in [0, 0.05) is 0 Å². The molecule has 0 fully saturated rings. The SMILES string of the molecule is C/C=C\C=C/CCCN(C)CCCC. The molecule has 0 unspecified atom stereocenters. The van der Waals surface area contributed by atoms with Crippen molar-refractivity contribution < 1.29 is 0 Å². The molecule has 0 N–H and O–H groups in total. The third kappa shape index (κ3) is 9.53. The van der Waals surface area contributed by atoms with Crippen LogP contribution in [0.1, 0.15) is 39.5 Å².